The largest absolute Gasteiger partial charge is 0.368 e. The number of amides is 1. The molecule has 0 unspecified atom stereocenters. The molecule has 1 saturated carbocycles. The molecular formula is C23H23ClN10O. The number of fused-ring (bicyclic) bond motifs is 1. The van der Waals surface area contributed by atoms with Crippen LogP contribution in [0.5, 0.6) is 0 Å². The maximum Gasteiger partial charge on any atom is 0.247 e. The predicted molar refractivity (Wildman–Crippen MR) is 131 cm³/mol. The highest BCUT2D eigenvalue weighted by Gasteiger charge is 2.32. The number of rotatable bonds is 6. The summed E-state index contributed by atoms with van der Waals surface area (Å²) in [7, 11) is 0. The standard InChI is InChI=1S/C23H23ClN10O/c1-12-10-33(11-18(12)28-13(2)35)19-6-14(7-25)5-17(20(19)24)30-23-31-21(29-15-3-4-15)22-27-9-16(8-26)34(22)32-23/h5-6,9,12,15,18H,3-4,10-11H2,1-2H3,(H,28,35)(H2,29,30,31,32)/t12-,18+/m0/s1. The molecule has 178 valence electrons. The van der Waals surface area contributed by atoms with Crippen LogP contribution in [-0.2, 0) is 4.79 Å². The highest BCUT2D eigenvalue weighted by Crippen LogP contribution is 2.38. The number of nitrogens with one attached hydrogen (secondary N) is 3. The van der Waals surface area contributed by atoms with Gasteiger partial charge in [0.25, 0.3) is 0 Å². The Hall–Kier alpha value is -4.09. The van der Waals surface area contributed by atoms with E-state index in [9.17, 15) is 15.3 Å². The maximum absolute atomic E-state index is 11.6. The van der Waals surface area contributed by atoms with E-state index in [1.54, 1.807) is 12.1 Å². The van der Waals surface area contributed by atoms with Crippen LogP contribution in [0, 0.1) is 28.6 Å². The molecule has 5 rings (SSSR count). The lowest BCUT2D eigenvalue weighted by Gasteiger charge is -2.22. The second kappa shape index (κ2) is 8.93. The zero-order chi connectivity index (χ0) is 24.7. The molecule has 3 aromatic rings. The van der Waals surface area contributed by atoms with Gasteiger partial charge in [0.1, 0.15) is 6.07 Å². The first-order valence-electron chi connectivity index (χ1n) is 11.3. The minimum Gasteiger partial charge on any atom is -0.368 e. The Morgan fingerprint density at radius 1 is 1.23 bits per heavy atom. The van der Waals surface area contributed by atoms with Gasteiger partial charge in [0, 0.05) is 26.1 Å². The lowest BCUT2D eigenvalue weighted by molar-refractivity contribution is -0.119. The smallest absolute Gasteiger partial charge is 0.247 e. The van der Waals surface area contributed by atoms with Crippen molar-refractivity contribution < 1.29 is 4.79 Å². The molecule has 0 radical (unpaired) electrons. The number of nitrogens with zero attached hydrogens (tertiary/aromatic N) is 7. The van der Waals surface area contributed by atoms with Crippen molar-refractivity contribution in [2.75, 3.05) is 28.6 Å². The summed E-state index contributed by atoms with van der Waals surface area (Å²) >= 11 is 6.82. The van der Waals surface area contributed by atoms with Crippen molar-refractivity contribution in [2.24, 2.45) is 5.92 Å². The Kier molecular flexibility index (Phi) is 5.79. The normalized spacial score (nSPS) is 19.3. The van der Waals surface area contributed by atoms with Crippen molar-refractivity contribution in [2.45, 2.75) is 38.8 Å². The van der Waals surface area contributed by atoms with Crippen molar-refractivity contribution in [3.63, 3.8) is 0 Å². The molecule has 3 heterocycles. The molecule has 0 spiro atoms. The Bertz CT molecular complexity index is 1400. The fraction of sp³-hybridized carbons (Fsp3) is 0.391. The maximum atomic E-state index is 11.6. The van der Waals surface area contributed by atoms with Crippen molar-refractivity contribution >= 4 is 46.3 Å². The average Bonchev–Trinajstić information content (AvgIpc) is 3.43. The number of hydrogen-bond donors (Lipinski definition) is 3. The number of nitriles is 2. The third-order valence-electron chi connectivity index (χ3n) is 6.17. The van der Waals surface area contributed by atoms with E-state index in [0.29, 0.717) is 52.6 Å². The lowest BCUT2D eigenvalue weighted by atomic mass is 10.1. The number of anilines is 4. The summed E-state index contributed by atoms with van der Waals surface area (Å²) in [5, 5.41) is 33.4. The van der Waals surface area contributed by atoms with Gasteiger partial charge in [0.05, 0.1) is 40.3 Å². The van der Waals surface area contributed by atoms with E-state index in [-0.39, 0.29) is 29.5 Å². The number of aromatic nitrogens is 4. The van der Waals surface area contributed by atoms with Crippen LogP contribution < -0.4 is 20.9 Å². The molecular weight excluding hydrogens is 468 g/mol. The van der Waals surface area contributed by atoms with Crippen LogP contribution in [0.4, 0.5) is 23.1 Å². The Morgan fingerprint density at radius 3 is 2.71 bits per heavy atom. The van der Waals surface area contributed by atoms with Gasteiger partial charge < -0.3 is 20.9 Å². The second-order valence-electron chi connectivity index (χ2n) is 8.98. The van der Waals surface area contributed by atoms with Gasteiger partial charge >= 0.3 is 0 Å². The van der Waals surface area contributed by atoms with Crippen molar-refractivity contribution in [1.82, 2.24) is 24.9 Å². The van der Waals surface area contributed by atoms with E-state index in [2.05, 4.69) is 55.0 Å². The second-order valence-corrected chi connectivity index (χ2v) is 9.35. The zero-order valence-electron chi connectivity index (χ0n) is 19.2. The predicted octanol–water partition coefficient (Wildman–Crippen LogP) is 2.80. The zero-order valence-corrected chi connectivity index (χ0v) is 20.0. The van der Waals surface area contributed by atoms with E-state index in [1.165, 1.54) is 17.6 Å². The van der Waals surface area contributed by atoms with Gasteiger partial charge in [0.15, 0.2) is 17.2 Å². The third-order valence-corrected chi connectivity index (χ3v) is 6.56. The Morgan fingerprint density at radius 2 is 2.03 bits per heavy atom. The topological polar surface area (TPSA) is 147 Å². The molecule has 1 aromatic carbocycles. The quantitative estimate of drug-likeness (QED) is 0.474. The molecule has 1 aliphatic heterocycles. The number of benzene rings is 1. The van der Waals surface area contributed by atoms with Crippen LogP contribution in [0.25, 0.3) is 5.65 Å². The number of hydrogen-bond acceptors (Lipinski definition) is 9. The summed E-state index contributed by atoms with van der Waals surface area (Å²) in [6.45, 7) is 4.82. The monoisotopic (exact) mass is 490 g/mol. The fourth-order valence-electron chi connectivity index (χ4n) is 4.26. The van der Waals surface area contributed by atoms with Gasteiger partial charge in [0.2, 0.25) is 11.9 Å². The fourth-order valence-corrected chi connectivity index (χ4v) is 4.53. The molecule has 11 nitrogen and oxygen atoms in total. The van der Waals surface area contributed by atoms with E-state index < -0.39 is 0 Å². The summed E-state index contributed by atoms with van der Waals surface area (Å²) in [6.07, 6.45) is 3.53. The van der Waals surface area contributed by atoms with Crippen LogP contribution in [0.15, 0.2) is 18.3 Å². The lowest BCUT2D eigenvalue weighted by Crippen LogP contribution is -2.38. The summed E-state index contributed by atoms with van der Waals surface area (Å²) in [5.74, 6) is 0.863. The number of carbonyl (C=O) groups excluding carboxylic acids is 1. The number of imidazole rings is 1. The van der Waals surface area contributed by atoms with Gasteiger partial charge in [-0.15, -0.1) is 5.10 Å². The van der Waals surface area contributed by atoms with Crippen LogP contribution >= 0.6 is 11.6 Å². The van der Waals surface area contributed by atoms with Crippen LogP contribution in [0.3, 0.4) is 0 Å². The van der Waals surface area contributed by atoms with E-state index >= 15 is 0 Å². The van der Waals surface area contributed by atoms with E-state index in [1.807, 2.05) is 0 Å². The Labute approximate surface area is 206 Å². The third kappa shape index (κ3) is 4.51. The SMILES string of the molecule is CC(=O)N[C@@H]1CN(c2cc(C#N)cc(Nc3nc(NC4CC4)c4ncc(C#N)n4n3)c2Cl)C[C@@H]1C. The van der Waals surface area contributed by atoms with Gasteiger partial charge in [-0.3, -0.25) is 4.79 Å². The first kappa shape index (κ1) is 22.7. The summed E-state index contributed by atoms with van der Waals surface area (Å²) in [5.41, 5.74) is 2.31. The average molecular weight is 491 g/mol. The molecule has 2 fully saturated rings. The summed E-state index contributed by atoms with van der Waals surface area (Å²) < 4.78 is 1.43. The van der Waals surface area contributed by atoms with Crippen LogP contribution in [0.1, 0.15) is 37.9 Å². The molecule has 3 N–H and O–H groups in total. The minimum atomic E-state index is -0.0812. The first-order chi connectivity index (χ1) is 16.9. The minimum absolute atomic E-state index is 0.0156. The van der Waals surface area contributed by atoms with Gasteiger partial charge in [-0.05, 0) is 30.9 Å². The first-order valence-corrected chi connectivity index (χ1v) is 11.7. The number of halogens is 1. The highest BCUT2D eigenvalue weighted by atomic mass is 35.5. The van der Waals surface area contributed by atoms with Gasteiger partial charge in [-0.1, -0.05) is 18.5 Å². The molecule has 12 heteroatoms. The van der Waals surface area contributed by atoms with Crippen LogP contribution in [-0.4, -0.2) is 50.7 Å². The van der Waals surface area contributed by atoms with E-state index in [0.717, 1.165) is 12.8 Å². The van der Waals surface area contributed by atoms with Crippen molar-refractivity contribution in [1.29, 1.82) is 10.5 Å². The Balaban J connectivity index is 1.51. The summed E-state index contributed by atoms with van der Waals surface area (Å²) in [4.78, 5) is 22.5. The van der Waals surface area contributed by atoms with Gasteiger partial charge in [-0.2, -0.15) is 20.0 Å². The molecule has 2 aromatic heterocycles. The molecule has 1 amide bonds. The molecule has 1 saturated heterocycles. The molecule has 35 heavy (non-hydrogen) atoms. The summed E-state index contributed by atoms with van der Waals surface area (Å²) in [6, 6.07) is 7.94. The molecule has 2 aliphatic rings. The van der Waals surface area contributed by atoms with E-state index in [4.69, 9.17) is 11.6 Å². The van der Waals surface area contributed by atoms with Crippen molar-refractivity contribution in [3.05, 3.63) is 34.6 Å². The van der Waals surface area contributed by atoms with Gasteiger partial charge in [-0.25, -0.2) is 4.98 Å². The molecule has 0 bridgehead atoms. The van der Waals surface area contributed by atoms with Crippen molar-refractivity contribution in [3.8, 4) is 12.1 Å². The number of carbonyl (C=O) groups is 1. The molecule has 1 aliphatic carbocycles. The highest BCUT2D eigenvalue weighted by molar-refractivity contribution is 6.36. The van der Waals surface area contributed by atoms with Crippen LogP contribution in [0.2, 0.25) is 5.02 Å². The molecule has 2 atom stereocenters.